The summed E-state index contributed by atoms with van der Waals surface area (Å²) in [4.78, 5) is 38.1. The zero-order valence-corrected chi connectivity index (χ0v) is 57.9. The van der Waals surface area contributed by atoms with Gasteiger partial charge in [0.1, 0.15) is 19.8 Å². The number of phosphoric acid groups is 1. The van der Waals surface area contributed by atoms with Gasteiger partial charge in [0, 0.05) is 12.8 Å². The summed E-state index contributed by atoms with van der Waals surface area (Å²) in [7, 11) is 1.17. The molecule has 0 aromatic heterocycles. The lowest BCUT2D eigenvalue weighted by Gasteiger charge is -2.28. The van der Waals surface area contributed by atoms with E-state index in [4.69, 9.17) is 18.5 Å². The van der Waals surface area contributed by atoms with Gasteiger partial charge in [-0.05, 0) is 89.9 Å². The number of rotatable bonds is 67. The molecule has 0 fully saturated rings. The van der Waals surface area contributed by atoms with Gasteiger partial charge in [0.05, 0.1) is 27.7 Å². The third kappa shape index (κ3) is 70.3. The van der Waals surface area contributed by atoms with Crippen LogP contribution in [0.5, 0.6) is 0 Å². The van der Waals surface area contributed by atoms with E-state index in [0.29, 0.717) is 17.4 Å². The van der Waals surface area contributed by atoms with E-state index in [-0.39, 0.29) is 32.0 Å². The fourth-order valence-electron chi connectivity index (χ4n) is 10.4. The Balaban J connectivity index is 4.00. The van der Waals surface area contributed by atoms with Gasteiger partial charge in [0.15, 0.2) is 6.10 Å². The van der Waals surface area contributed by atoms with E-state index >= 15 is 0 Å². The van der Waals surface area contributed by atoms with Crippen LogP contribution in [0.3, 0.4) is 0 Å². The number of ether oxygens (including phenoxy) is 2. The number of quaternary nitrogens is 1. The molecule has 0 saturated heterocycles. The number of nitrogens with zero attached hydrogens (tertiary/aromatic N) is 1. The number of likely N-dealkylation sites (N-methyl/N-ethyl adjacent to an activating group) is 1. The van der Waals surface area contributed by atoms with Crippen molar-refractivity contribution in [2.75, 3.05) is 47.5 Å². The number of hydrogen-bond donors (Lipinski definition) is 0. The van der Waals surface area contributed by atoms with Crippen molar-refractivity contribution in [3.8, 4) is 0 Å². The van der Waals surface area contributed by atoms with Crippen LogP contribution >= 0.6 is 7.82 Å². The van der Waals surface area contributed by atoms with Gasteiger partial charge in [-0.3, -0.25) is 14.2 Å². The molecule has 2 unspecified atom stereocenters. The van der Waals surface area contributed by atoms with E-state index in [9.17, 15) is 19.0 Å². The van der Waals surface area contributed by atoms with Crippen LogP contribution in [0.4, 0.5) is 0 Å². The molecule has 0 aliphatic carbocycles. The SMILES string of the molecule is CC/C=C\C/C=C\C/C=C\C/C=C\C/C=C\CCCCCCCCCCCCCCCC(=O)OC(COC(=O)CCCCCCCCCCCCCCCCCCCCCCC/C=C\C/C=C\CCCCCCC)COP(=O)([O-])OCC[N+](C)(C)C. The molecule has 0 aliphatic rings. The van der Waals surface area contributed by atoms with Crippen molar-refractivity contribution < 1.29 is 42.1 Å². The number of carbonyl (C=O) groups is 2. The van der Waals surface area contributed by atoms with Crippen LogP contribution in [-0.4, -0.2) is 70.0 Å². The van der Waals surface area contributed by atoms with Crippen LogP contribution in [-0.2, 0) is 32.7 Å². The maximum atomic E-state index is 12.9. The van der Waals surface area contributed by atoms with E-state index in [2.05, 4.69) is 98.9 Å². The van der Waals surface area contributed by atoms with Gasteiger partial charge in [-0.1, -0.05) is 317 Å². The molecular weight excluding hydrogens is 1090 g/mol. The molecule has 0 rings (SSSR count). The minimum atomic E-state index is -4.65. The Morgan fingerprint density at radius 1 is 0.372 bits per heavy atom. The third-order valence-electron chi connectivity index (χ3n) is 15.9. The summed E-state index contributed by atoms with van der Waals surface area (Å²) < 4.78 is 34.4. The Labute approximate surface area is 532 Å². The summed E-state index contributed by atoms with van der Waals surface area (Å²) >= 11 is 0. The van der Waals surface area contributed by atoms with E-state index in [1.165, 1.54) is 225 Å². The molecule has 0 spiro atoms. The Morgan fingerprint density at radius 2 is 0.663 bits per heavy atom. The zero-order chi connectivity index (χ0) is 62.6. The Hall–Kier alpha value is -2.81. The predicted octanol–water partition coefficient (Wildman–Crippen LogP) is 23.1. The highest BCUT2D eigenvalue weighted by atomic mass is 31.2. The predicted molar refractivity (Wildman–Crippen MR) is 369 cm³/mol. The second-order valence-electron chi connectivity index (χ2n) is 25.6. The summed E-state index contributed by atoms with van der Waals surface area (Å²) in [5, 5.41) is 0. The molecule has 2 atom stereocenters. The second kappa shape index (κ2) is 66.6. The van der Waals surface area contributed by atoms with Crippen molar-refractivity contribution in [2.24, 2.45) is 0 Å². The molecule has 0 aromatic carbocycles. The quantitative estimate of drug-likeness (QED) is 0.0195. The number of unbranched alkanes of at least 4 members (excludes halogenated alkanes) is 39. The van der Waals surface area contributed by atoms with Crippen molar-refractivity contribution in [2.45, 2.75) is 341 Å². The van der Waals surface area contributed by atoms with Crippen molar-refractivity contribution >= 4 is 19.8 Å². The van der Waals surface area contributed by atoms with Crippen molar-refractivity contribution in [1.29, 1.82) is 0 Å². The van der Waals surface area contributed by atoms with Crippen molar-refractivity contribution in [3.05, 3.63) is 85.1 Å². The minimum Gasteiger partial charge on any atom is -0.756 e. The van der Waals surface area contributed by atoms with Crippen molar-refractivity contribution in [3.63, 3.8) is 0 Å². The fraction of sp³-hybridized carbons (Fsp3) is 0.789. The average molecular weight is 1220 g/mol. The van der Waals surface area contributed by atoms with E-state index in [1.807, 2.05) is 21.1 Å². The lowest BCUT2D eigenvalue weighted by Crippen LogP contribution is -2.37. The summed E-state index contributed by atoms with van der Waals surface area (Å²) in [6.45, 7) is 4.16. The Kier molecular flexibility index (Phi) is 64.4. The summed E-state index contributed by atoms with van der Waals surface area (Å²) in [5.41, 5.74) is 0. The van der Waals surface area contributed by atoms with Crippen LogP contribution in [0.15, 0.2) is 85.1 Å². The van der Waals surface area contributed by atoms with Crippen LogP contribution < -0.4 is 4.89 Å². The summed E-state index contributed by atoms with van der Waals surface area (Å²) in [6, 6.07) is 0. The van der Waals surface area contributed by atoms with Gasteiger partial charge in [0.2, 0.25) is 0 Å². The number of phosphoric ester groups is 1. The number of carbonyl (C=O) groups excluding carboxylic acids is 2. The Morgan fingerprint density at radius 3 is 0.988 bits per heavy atom. The summed E-state index contributed by atoms with van der Waals surface area (Å²) in [5.74, 6) is -0.822. The molecule has 0 radical (unpaired) electrons. The lowest BCUT2D eigenvalue weighted by molar-refractivity contribution is -0.870. The van der Waals surface area contributed by atoms with Crippen LogP contribution in [0.25, 0.3) is 0 Å². The standard InChI is InChI=1S/C76H138NO8P/c1-6-8-10-12-14-16-18-20-22-24-26-28-30-32-34-36-37-38-39-41-42-44-46-48-50-52-54-56-58-60-62-64-66-68-75(78)82-72-74(73-84-86(80,81)83-71-70-77(3,4)5)85-76(79)69-67-65-63-61-59-57-55-53-51-49-47-45-43-40-35-33-31-29-27-25-23-21-19-17-15-13-11-9-7-2/h9,11,15,17-18,20-21,23-24,26-27,29,33,35,74H,6-8,10,12-14,16,19,22,25,28,30-32,34,36-73H2,1-5H3/b11-9-,17-15-,20-18-,23-21-,26-24-,29-27-,35-33-. The summed E-state index contributed by atoms with van der Waals surface area (Å²) in [6.07, 6.45) is 91.0. The molecule has 0 heterocycles. The van der Waals surface area contributed by atoms with E-state index in [1.54, 1.807) is 0 Å². The van der Waals surface area contributed by atoms with E-state index in [0.717, 1.165) is 77.0 Å². The molecular formula is C76H138NO8P. The Bertz CT molecular complexity index is 1730. The molecule has 0 N–H and O–H groups in total. The maximum Gasteiger partial charge on any atom is 0.306 e. The molecule has 86 heavy (non-hydrogen) atoms. The maximum absolute atomic E-state index is 12.9. The van der Waals surface area contributed by atoms with Crippen LogP contribution in [0.1, 0.15) is 335 Å². The first-order valence-corrected chi connectivity index (χ1v) is 37.8. The molecule has 0 saturated carbocycles. The minimum absolute atomic E-state index is 0.0320. The number of allylic oxidation sites excluding steroid dienone is 14. The molecule has 0 aliphatic heterocycles. The first kappa shape index (κ1) is 83.2. The molecule has 9 nitrogen and oxygen atoms in total. The average Bonchev–Trinajstić information content (AvgIpc) is 3.67. The van der Waals surface area contributed by atoms with Gasteiger partial charge in [-0.25, -0.2) is 0 Å². The molecule has 0 amide bonds. The van der Waals surface area contributed by atoms with Crippen LogP contribution in [0, 0.1) is 0 Å². The van der Waals surface area contributed by atoms with E-state index < -0.39 is 26.5 Å². The van der Waals surface area contributed by atoms with Gasteiger partial charge in [0.25, 0.3) is 7.82 Å². The molecule has 0 aromatic rings. The molecule has 500 valence electrons. The second-order valence-corrected chi connectivity index (χ2v) is 27.0. The lowest BCUT2D eigenvalue weighted by atomic mass is 10.0. The number of esters is 2. The normalized spacial score (nSPS) is 13.6. The van der Waals surface area contributed by atoms with Gasteiger partial charge >= 0.3 is 11.9 Å². The highest BCUT2D eigenvalue weighted by Crippen LogP contribution is 2.38. The monoisotopic (exact) mass is 1220 g/mol. The van der Waals surface area contributed by atoms with Gasteiger partial charge in [-0.15, -0.1) is 0 Å². The number of hydrogen-bond acceptors (Lipinski definition) is 8. The third-order valence-corrected chi connectivity index (χ3v) is 16.9. The highest BCUT2D eigenvalue weighted by molar-refractivity contribution is 7.45. The smallest absolute Gasteiger partial charge is 0.306 e. The topological polar surface area (TPSA) is 111 Å². The highest BCUT2D eigenvalue weighted by Gasteiger charge is 2.22. The van der Waals surface area contributed by atoms with Gasteiger partial charge in [-0.2, -0.15) is 0 Å². The van der Waals surface area contributed by atoms with Gasteiger partial charge < -0.3 is 27.9 Å². The largest absolute Gasteiger partial charge is 0.756 e. The first-order valence-electron chi connectivity index (χ1n) is 36.3. The first-order chi connectivity index (χ1) is 42.0. The van der Waals surface area contributed by atoms with Crippen molar-refractivity contribution in [1.82, 2.24) is 0 Å². The molecule has 0 bridgehead atoms. The fourth-order valence-corrected chi connectivity index (χ4v) is 11.1. The van der Waals surface area contributed by atoms with Crippen LogP contribution in [0.2, 0.25) is 0 Å². The zero-order valence-electron chi connectivity index (χ0n) is 57.0. The molecule has 10 heteroatoms.